The second-order valence-electron chi connectivity index (χ2n) is 11.3. The molecule has 3 heterocycles. The summed E-state index contributed by atoms with van der Waals surface area (Å²) >= 11 is 0. The summed E-state index contributed by atoms with van der Waals surface area (Å²) < 4.78 is 7.73. The van der Waals surface area contributed by atoms with E-state index in [1.54, 1.807) is 12.0 Å². The van der Waals surface area contributed by atoms with E-state index in [4.69, 9.17) is 10.5 Å². The van der Waals surface area contributed by atoms with Crippen LogP contribution in [0.1, 0.15) is 41.2 Å². The predicted octanol–water partition coefficient (Wildman–Crippen LogP) is 4.64. The third-order valence-corrected chi connectivity index (χ3v) is 8.69. The third kappa shape index (κ3) is 5.11. The molecule has 2 amide bonds. The van der Waals surface area contributed by atoms with Crippen LogP contribution in [0, 0.1) is 5.92 Å². The number of aryl methyl sites for hydroxylation is 1. The van der Waals surface area contributed by atoms with Crippen LogP contribution >= 0.6 is 0 Å². The number of ether oxygens (including phenoxy) is 1. The van der Waals surface area contributed by atoms with Crippen molar-refractivity contribution in [2.45, 2.75) is 37.8 Å². The highest BCUT2D eigenvalue weighted by molar-refractivity contribution is 5.99. The van der Waals surface area contributed by atoms with E-state index in [0.29, 0.717) is 25.2 Å². The van der Waals surface area contributed by atoms with Crippen LogP contribution in [0.5, 0.6) is 0 Å². The van der Waals surface area contributed by atoms with Crippen molar-refractivity contribution in [1.29, 1.82) is 0 Å². The molecule has 0 radical (unpaired) electrons. The van der Waals surface area contributed by atoms with Crippen LogP contribution in [-0.2, 0) is 16.1 Å². The van der Waals surface area contributed by atoms with E-state index in [9.17, 15) is 9.59 Å². The summed E-state index contributed by atoms with van der Waals surface area (Å²) in [4.78, 5) is 31.0. The second kappa shape index (κ2) is 11.4. The van der Waals surface area contributed by atoms with Crippen LogP contribution in [0.15, 0.2) is 72.8 Å². The van der Waals surface area contributed by atoms with Gasteiger partial charge in [0, 0.05) is 75.2 Å². The third-order valence-electron chi connectivity index (χ3n) is 8.69. The molecule has 7 heteroatoms. The van der Waals surface area contributed by atoms with Crippen LogP contribution in [0.3, 0.4) is 0 Å². The molecule has 1 aromatic heterocycles. The molecule has 0 bridgehead atoms. The second-order valence-corrected chi connectivity index (χ2v) is 11.3. The van der Waals surface area contributed by atoms with Crippen LogP contribution in [0.4, 0.5) is 0 Å². The molecule has 0 spiro atoms. The highest BCUT2D eigenvalue weighted by Crippen LogP contribution is 2.33. The lowest BCUT2D eigenvalue weighted by Gasteiger charge is -2.35. The Hall–Kier alpha value is -3.68. The van der Waals surface area contributed by atoms with Crippen molar-refractivity contribution in [3.8, 4) is 0 Å². The van der Waals surface area contributed by atoms with Crippen molar-refractivity contribution in [3.63, 3.8) is 0 Å². The monoisotopic (exact) mass is 538 g/mol. The smallest absolute Gasteiger partial charge is 0.253 e. The number of likely N-dealkylation sites (tertiary alicyclic amines) is 2. The first-order valence-corrected chi connectivity index (χ1v) is 14.4. The SMILES string of the molecule is COCCCn1c([C@@H]2CCCN(C(=O)[C@@H]3CN(C(=O)c4ccc5ccccc5c4)C[C@H]3N)C2)cc2ccccc21. The molecule has 2 saturated heterocycles. The summed E-state index contributed by atoms with van der Waals surface area (Å²) in [7, 11) is 1.74. The summed E-state index contributed by atoms with van der Waals surface area (Å²) in [5, 5.41) is 3.37. The van der Waals surface area contributed by atoms with Gasteiger partial charge in [-0.25, -0.2) is 0 Å². The summed E-state index contributed by atoms with van der Waals surface area (Å²) in [6.45, 7) is 3.79. The Balaban J connectivity index is 1.17. The summed E-state index contributed by atoms with van der Waals surface area (Å²) in [5.41, 5.74) is 9.68. The zero-order valence-electron chi connectivity index (χ0n) is 23.2. The molecule has 0 aliphatic carbocycles. The number of carbonyl (C=O) groups is 2. The molecule has 7 nitrogen and oxygen atoms in total. The van der Waals surface area contributed by atoms with Gasteiger partial charge in [0.05, 0.1) is 5.92 Å². The number of hydrogen-bond donors (Lipinski definition) is 1. The average molecular weight is 539 g/mol. The maximum atomic E-state index is 13.8. The van der Waals surface area contributed by atoms with Gasteiger partial charge in [-0.3, -0.25) is 9.59 Å². The van der Waals surface area contributed by atoms with Gasteiger partial charge in [0.2, 0.25) is 5.91 Å². The molecule has 4 aromatic rings. The maximum Gasteiger partial charge on any atom is 0.253 e. The lowest BCUT2D eigenvalue weighted by Crippen LogP contribution is -2.47. The Bertz CT molecular complexity index is 1530. The number of para-hydroxylation sites is 1. The topological polar surface area (TPSA) is 80.8 Å². The molecule has 0 saturated carbocycles. The molecule has 208 valence electrons. The van der Waals surface area contributed by atoms with E-state index in [0.717, 1.165) is 49.7 Å². The number of aromatic nitrogens is 1. The van der Waals surface area contributed by atoms with E-state index < -0.39 is 0 Å². The minimum atomic E-state index is -0.379. The van der Waals surface area contributed by atoms with Gasteiger partial charge in [-0.2, -0.15) is 0 Å². The predicted molar refractivity (Wildman–Crippen MR) is 158 cm³/mol. The zero-order valence-corrected chi connectivity index (χ0v) is 23.2. The molecular weight excluding hydrogens is 500 g/mol. The average Bonchev–Trinajstić information content (AvgIpc) is 3.57. The fraction of sp³-hybridized carbons (Fsp3) is 0.394. The number of hydrogen-bond acceptors (Lipinski definition) is 4. The largest absolute Gasteiger partial charge is 0.385 e. The van der Waals surface area contributed by atoms with Crippen LogP contribution in [0.2, 0.25) is 0 Å². The zero-order chi connectivity index (χ0) is 27.6. The number of carbonyl (C=O) groups excluding carboxylic acids is 2. The van der Waals surface area contributed by atoms with Crippen molar-refractivity contribution < 1.29 is 14.3 Å². The van der Waals surface area contributed by atoms with Crippen LogP contribution < -0.4 is 5.73 Å². The lowest BCUT2D eigenvalue weighted by molar-refractivity contribution is -0.136. The van der Waals surface area contributed by atoms with Gasteiger partial charge in [0.25, 0.3) is 5.91 Å². The van der Waals surface area contributed by atoms with Gasteiger partial charge in [0.15, 0.2) is 0 Å². The normalized spacial score (nSPS) is 21.4. The fourth-order valence-electron chi connectivity index (χ4n) is 6.60. The Labute approximate surface area is 235 Å². The van der Waals surface area contributed by atoms with E-state index >= 15 is 0 Å². The summed E-state index contributed by atoms with van der Waals surface area (Å²) in [6, 6.07) is 24.2. The van der Waals surface area contributed by atoms with Crippen molar-refractivity contribution in [1.82, 2.24) is 14.4 Å². The number of amides is 2. The molecule has 2 fully saturated rings. The highest BCUT2D eigenvalue weighted by Gasteiger charge is 2.41. The molecule has 6 rings (SSSR count). The molecule has 2 N–H and O–H groups in total. The Morgan fingerprint density at radius 2 is 1.68 bits per heavy atom. The number of piperidine rings is 1. The minimum absolute atomic E-state index is 0.0615. The van der Waals surface area contributed by atoms with E-state index in [-0.39, 0.29) is 29.7 Å². The minimum Gasteiger partial charge on any atom is -0.385 e. The van der Waals surface area contributed by atoms with Crippen molar-refractivity contribution >= 4 is 33.5 Å². The first kappa shape index (κ1) is 26.5. The summed E-state index contributed by atoms with van der Waals surface area (Å²) in [6.07, 6.45) is 2.95. The van der Waals surface area contributed by atoms with E-state index in [1.807, 2.05) is 47.4 Å². The van der Waals surface area contributed by atoms with Crippen LogP contribution in [0.25, 0.3) is 21.7 Å². The number of nitrogens with zero attached hydrogens (tertiary/aromatic N) is 3. The van der Waals surface area contributed by atoms with Crippen molar-refractivity contribution in [2.24, 2.45) is 11.7 Å². The first-order chi connectivity index (χ1) is 19.5. The van der Waals surface area contributed by atoms with Gasteiger partial charge >= 0.3 is 0 Å². The quantitative estimate of drug-likeness (QED) is 0.348. The van der Waals surface area contributed by atoms with E-state index in [1.165, 1.54) is 16.6 Å². The molecule has 2 aliphatic heterocycles. The number of benzene rings is 3. The molecule has 40 heavy (non-hydrogen) atoms. The van der Waals surface area contributed by atoms with Crippen molar-refractivity contribution in [2.75, 3.05) is 39.9 Å². The fourth-order valence-corrected chi connectivity index (χ4v) is 6.60. The molecular formula is C33H38N4O3. The molecule has 3 aromatic carbocycles. The van der Waals surface area contributed by atoms with Gasteiger partial charge < -0.3 is 24.8 Å². The number of methoxy groups -OCH3 is 1. The van der Waals surface area contributed by atoms with Crippen molar-refractivity contribution in [3.05, 3.63) is 84.1 Å². The van der Waals surface area contributed by atoms with Crippen LogP contribution in [-0.4, -0.2) is 72.1 Å². The molecule has 2 aliphatic rings. The van der Waals surface area contributed by atoms with Gasteiger partial charge in [-0.15, -0.1) is 0 Å². The molecule has 0 unspecified atom stereocenters. The Kier molecular flexibility index (Phi) is 7.59. The maximum absolute atomic E-state index is 13.8. The standard InChI is InChI=1S/C33H38N4O3/c1-40-17-7-16-37-30-12-5-4-10-25(30)19-31(37)27-11-6-15-35(20-27)33(39)28-21-36(22-29(28)34)32(38)26-14-13-23-8-2-3-9-24(23)18-26/h2-5,8-10,12-14,18-19,27-29H,6-7,11,15-17,20-22,34H2,1H3/t27-,28-,29-/m1/s1. The number of nitrogens with two attached hydrogens (primary N) is 1. The molecule has 3 atom stereocenters. The number of fused-ring (bicyclic) bond motifs is 2. The Morgan fingerprint density at radius 3 is 2.50 bits per heavy atom. The van der Waals surface area contributed by atoms with Gasteiger partial charge in [0.1, 0.15) is 0 Å². The lowest BCUT2D eigenvalue weighted by atomic mass is 9.92. The van der Waals surface area contributed by atoms with E-state index in [2.05, 4.69) is 34.9 Å². The highest BCUT2D eigenvalue weighted by atomic mass is 16.5. The van der Waals surface area contributed by atoms with Gasteiger partial charge in [-0.05, 0) is 59.7 Å². The first-order valence-electron chi connectivity index (χ1n) is 14.4. The van der Waals surface area contributed by atoms with Gasteiger partial charge in [-0.1, -0.05) is 48.5 Å². The number of rotatable bonds is 7. The Morgan fingerprint density at radius 1 is 0.900 bits per heavy atom. The summed E-state index contributed by atoms with van der Waals surface area (Å²) in [5.74, 6) is -0.0991.